The molecule has 0 aromatic rings. The van der Waals surface area contributed by atoms with Crippen LogP contribution in [0.15, 0.2) is 29.0 Å². The van der Waals surface area contributed by atoms with Gasteiger partial charge in [0.2, 0.25) is 0 Å². The Morgan fingerprint density at radius 3 is 2.82 bits per heavy atom. The number of nitrogens with zero attached hydrogens (tertiary/aromatic N) is 3. The molecule has 0 saturated heterocycles. The largest absolute Gasteiger partial charge is 0.478 e. The Balaban J connectivity index is 4.12. The summed E-state index contributed by atoms with van der Waals surface area (Å²) in [5.74, 6) is -0.990. The van der Waals surface area contributed by atoms with Crippen molar-refractivity contribution in [1.29, 1.82) is 0 Å². The molecule has 1 N–H and O–H groups in total. The number of carbonyl (C=O) groups is 1. The Morgan fingerprint density at radius 1 is 1.73 bits per heavy atom. The zero-order valence-corrected chi connectivity index (χ0v) is 5.93. The Kier molecular flexibility index (Phi) is 4.27. The third-order valence-corrected chi connectivity index (χ3v) is 0.888. The van der Waals surface area contributed by atoms with E-state index in [1.54, 1.807) is 0 Å². The standard InChI is InChI=1S/C6H7N3O2/c1-5(6(10)11)3-2-4-8-9-7/h2-4H,1H3,(H,10,11)/b4-2+,5-3+. The van der Waals surface area contributed by atoms with Crippen LogP contribution in [0.4, 0.5) is 0 Å². The summed E-state index contributed by atoms with van der Waals surface area (Å²) >= 11 is 0. The minimum absolute atomic E-state index is 0.189. The maximum absolute atomic E-state index is 10.2. The second kappa shape index (κ2) is 5.08. The topological polar surface area (TPSA) is 86.1 Å². The minimum Gasteiger partial charge on any atom is -0.478 e. The number of rotatable bonds is 3. The lowest BCUT2D eigenvalue weighted by Crippen LogP contribution is -1.94. The highest BCUT2D eigenvalue weighted by molar-refractivity contribution is 5.86. The van der Waals surface area contributed by atoms with Crippen LogP contribution in [-0.2, 0) is 4.79 Å². The Morgan fingerprint density at radius 2 is 2.36 bits per heavy atom. The van der Waals surface area contributed by atoms with Crippen molar-refractivity contribution in [2.45, 2.75) is 6.92 Å². The molecule has 11 heavy (non-hydrogen) atoms. The molecule has 5 heteroatoms. The van der Waals surface area contributed by atoms with Gasteiger partial charge in [-0.3, -0.25) is 0 Å². The number of azide groups is 1. The van der Waals surface area contributed by atoms with Crippen molar-refractivity contribution in [3.8, 4) is 0 Å². The van der Waals surface area contributed by atoms with Crippen molar-refractivity contribution in [2.24, 2.45) is 5.11 Å². The van der Waals surface area contributed by atoms with Crippen LogP contribution < -0.4 is 0 Å². The zero-order chi connectivity index (χ0) is 8.69. The van der Waals surface area contributed by atoms with Crippen LogP contribution in [0.1, 0.15) is 6.92 Å². The fourth-order valence-electron chi connectivity index (χ4n) is 0.327. The monoisotopic (exact) mass is 153 g/mol. The molecule has 0 radical (unpaired) electrons. The first kappa shape index (κ1) is 9.26. The van der Waals surface area contributed by atoms with Gasteiger partial charge in [-0.25, -0.2) is 4.79 Å². The molecule has 0 unspecified atom stereocenters. The third-order valence-electron chi connectivity index (χ3n) is 0.888. The molecular formula is C6H7N3O2. The van der Waals surface area contributed by atoms with E-state index in [1.807, 2.05) is 0 Å². The molecule has 0 amide bonds. The first-order valence-corrected chi connectivity index (χ1v) is 2.79. The molecule has 0 saturated carbocycles. The molecule has 0 heterocycles. The Bertz CT molecular complexity index is 249. The molecule has 58 valence electrons. The minimum atomic E-state index is -0.990. The van der Waals surface area contributed by atoms with E-state index in [2.05, 4.69) is 10.0 Å². The van der Waals surface area contributed by atoms with E-state index >= 15 is 0 Å². The molecule has 0 aliphatic carbocycles. The average molecular weight is 153 g/mol. The van der Waals surface area contributed by atoms with E-state index in [1.165, 1.54) is 25.3 Å². The van der Waals surface area contributed by atoms with Crippen molar-refractivity contribution in [1.82, 2.24) is 0 Å². The van der Waals surface area contributed by atoms with Gasteiger partial charge in [0, 0.05) is 16.7 Å². The average Bonchev–Trinajstić information content (AvgIpc) is 1.97. The van der Waals surface area contributed by atoms with Gasteiger partial charge in [0.25, 0.3) is 0 Å². The molecule has 0 rings (SSSR count). The van der Waals surface area contributed by atoms with E-state index in [-0.39, 0.29) is 5.57 Å². The quantitative estimate of drug-likeness (QED) is 0.220. The van der Waals surface area contributed by atoms with Gasteiger partial charge < -0.3 is 5.11 Å². The van der Waals surface area contributed by atoms with E-state index < -0.39 is 5.97 Å². The molecule has 0 bridgehead atoms. The molecule has 0 aliphatic heterocycles. The highest BCUT2D eigenvalue weighted by atomic mass is 16.4. The summed E-state index contributed by atoms with van der Waals surface area (Å²) in [6, 6.07) is 0. The van der Waals surface area contributed by atoms with Gasteiger partial charge in [-0.05, 0) is 12.5 Å². The first-order chi connectivity index (χ1) is 5.18. The SMILES string of the molecule is C/C(=C\C=C\N=[N+]=[N-])C(=O)O. The Hall–Kier alpha value is -1.74. The zero-order valence-electron chi connectivity index (χ0n) is 5.93. The van der Waals surface area contributed by atoms with Crippen LogP contribution in [0.3, 0.4) is 0 Å². The summed E-state index contributed by atoms with van der Waals surface area (Å²) in [6.45, 7) is 1.45. The van der Waals surface area contributed by atoms with Gasteiger partial charge in [-0.2, -0.15) is 0 Å². The number of hydrogen-bond donors (Lipinski definition) is 1. The number of allylic oxidation sites excluding steroid dienone is 2. The second-order valence-corrected chi connectivity index (χ2v) is 1.70. The van der Waals surface area contributed by atoms with E-state index in [0.29, 0.717) is 0 Å². The van der Waals surface area contributed by atoms with Crippen molar-refractivity contribution >= 4 is 5.97 Å². The fraction of sp³-hybridized carbons (Fsp3) is 0.167. The van der Waals surface area contributed by atoms with Gasteiger partial charge in [0.1, 0.15) is 0 Å². The van der Waals surface area contributed by atoms with E-state index in [4.69, 9.17) is 10.6 Å². The lowest BCUT2D eigenvalue weighted by Gasteiger charge is -1.85. The number of hydrogen-bond acceptors (Lipinski definition) is 2. The number of carboxylic acid groups (broad SMARTS) is 1. The van der Waals surface area contributed by atoms with Crippen LogP contribution >= 0.6 is 0 Å². The number of carboxylic acids is 1. The van der Waals surface area contributed by atoms with Crippen LogP contribution in [-0.4, -0.2) is 11.1 Å². The molecule has 0 aromatic heterocycles. The van der Waals surface area contributed by atoms with Crippen LogP contribution in [0, 0.1) is 0 Å². The van der Waals surface area contributed by atoms with Crippen LogP contribution in [0.2, 0.25) is 0 Å². The molecule has 0 fully saturated rings. The maximum Gasteiger partial charge on any atom is 0.331 e. The second-order valence-electron chi connectivity index (χ2n) is 1.70. The van der Waals surface area contributed by atoms with Gasteiger partial charge in [0.05, 0.1) is 0 Å². The van der Waals surface area contributed by atoms with Gasteiger partial charge in [-0.1, -0.05) is 17.3 Å². The summed E-state index contributed by atoms with van der Waals surface area (Å²) < 4.78 is 0. The van der Waals surface area contributed by atoms with E-state index in [9.17, 15) is 4.79 Å². The predicted molar refractivity (Wildman–Crippen MR) is 39.7 cm³/mol. The normalized spacial score (nSPS) is 11.2. The summed E-state index contributed by atoms with van der Waals surface area (Å²) in [6.07, 6.45) is 3.88. The first-order valence-electron chi connectivity index (χ1n) is 2.79. The molecular weight excluding hydrogens is 146 g/mol. The molecule has 0 atom stereocenters. The van der Waals surface area contributed by atoms with Gasteiger partial charge >= 0.3 is 5.97 Å². The van der Waals surface area contributed by atoms with Gasteiger partial charge in [0.15, 0.2) is 0 Å². The Labute approximate surface area is 63.3 Å². The highest BCUT2D eigenvalue weighted by Crippen LogP contribution is 1.92. The van der Waals surface area contributed by atoms with Crippen molar-refractivity contribution in [3.63, 3.8) is 0 Å². The predicted octanol–water partition coefficient (Wildman–Crippen LogP) is 1.84. The maximum atomic E-state index is 10.2. The summed E-state index contributed by atoms with van der Waals surface area (Å²) in [7, 11) is 0. The fourth-order valence-corrected chi connectivity index (χ4v) is 0.327. The van der Waals surface area contributed by atoms with Crippen molar-refractivity contribution in [3.05, 3.63) is 34.4 Å². The third kappa shape index (κ3) is 4.74. The lowest BCUT2D eigenvalue weighted by atomic mass is 10.3. The molecule has 0 aromatic carbocycles. The molecule has 0 spiro atoms. The van der Waals surface area contributed by atoms with Crippen LogP contribution in [0.5, 0.6) is 0 Å². The van der Waals surface area contributed by atoms with Crippen LogP contribution in [0.25, 0.3) is 10.4 Å². The van der Waals surface area contributed by atoms with Crippen molar-refractivity contribution in [2.75, 3.05) is 0 Å². The highest BCUT2D eigenvalue weighted by Gasteiger charge is 1.94. The lowest BCUT2D eigenvalue weighted by molar-refractivity contribution is -0.132. The smallest absolute Gasteiger partial charge is 0.331 e. The van der Waals surface area contributed by atoms with E-state index in [0.717, 1.165) is 0 Å². The summed E-state index contributed by atoms with van der Waals surface area (Å²) in [5, 5.41) is 11.4. The van der Waals surface area contributed by atoms with Gasteiger partial charge in [-0.15, -0.1) is 0 Å². The van der Waals surface area contributed by atoms with Crippen molar-refractivity contribution < 1.29 is 9.90 Å². The molecule has 0 aliphatic rings. The molecule has 5 nitrogen and oxygen atoms in total. The number of aliphatic carboxylic acids is 1. The summed E-state index contributed by atoms with van der Waals surface area (Å²) in [4.78, 5) is 12.6. The summed E-state index contributed by atoms with van der Waals surface area (Å²) in [5.41, 5.74) is 8.00.